The summed E-state index contributed by atoms with van der Waals surface area (Å²) < 4.78 is 1.75. The molecule has 1 unspecified atom stereocenters. The van der Waals surface area contributed by atoms with Gasteiger partial charge in [0.15, 0.2) is 0 Å². The Morgan fingerprint density at radius 1 is 1.31 bits per heavy atom. The van der Waals surface area contributed by atoms with Crippen LogP contribution in [0.25, 0.3) is 0 Å². The molecule has 0 aliphatic rings. The van der Waals surface area contributed by atoms with E-state index in [1.807, 2.05) is 13.2 Å². The van der Waals surface area contributed by atoms with Crippen molar-refractivity contribution in [3.63, 3.8) is 0 Å². The minimum Gasteiger partial charge on any atom is -0.308 e. The van der Waals surface area contributed by atoms with Crippen molar-refractivity contribution in [1.82, 2.24) is 20.3 Å². The molecule has 1 N–H and O–H groups in total. The number of nitrogens with zero attached hydrogens (tertiary/aromatic N) is 3. The lowest BCUT2D eigenvalue weighted by molar-refractivity contribution is 0.431. The third-order valence-corrected chi connectivity index (χ3v) is 2.77. The van der Waals surface area contributed by atoms with E-state index in [4.69, 9.17) is 0 Å². The highest BCUT2D eigenvalue weighted by Gasteiger charge is 2.07. The lowest BCUT2D eigenvalue weighted by Gasteiger charge is -2.16. The fraction of sp³-hybridized carbons (Fsp3) is 0.833. The highest BCUT2D eigenvalue weighted by atomic mass is 15.4. The van der Waals surface area contributed by atoms with Gasteiger partial charge in [0, 0.05) is 25.8 Å². The predicted molar refractivity (Wildman–Crippen MR) is 66.1 cm³/mol. The van der Waals surface area contributed by atoms with Crippen molar-refractivity contribution in [2.24, 2.45) is 7.05 Å². The molecule has 1 atom stereocenters. The molecule has 4 heteroatoms. The number of aryl methyl sites for hydroxylation is 1. The third-order valence-electron chi connectivity index (χ3n) is 2.77. The molecule has 16 heavy (non-hydrogen) atoms. The number of unbranched alkanes of at least 4 members (excludes halogenated alkanes) is 1. The van der Waals surface area contributed by atoms with Crippen LogP contribution in [-0.4, -0.2) is 21.0 Å². The second kappa shape index (κ2) is 7.39. The number of aromatic nitrogens is 3. The zero-order valence-corrected chi connectivity index (χ0v) is 10.7. The molecule has 1 rings (SSSR count). The molecule has 0 saturated heterocycles. The summed E-state index contributed by atoms with van der Waals surface area (Å²) in [6, 6.07) is 0.631. The van der Waals surface area contributed by atoms with E-state index in [0.717, 1.165) is 12.2 Å². The maximum absolute atomic E-state index is 4.08. The van der Waals surface area contributed by atoms with Crippen molar-refractivity contribution in [3.05, 3.63) is 11.9 Å². The molecular formula is C12H24N4. The summed E-state index contributed by atoms with van der Waals surface area (Å²) >= 11 is 0. The van der Waals surface area contributed by atoms with E-state index in [1.54, 1.807) is 4.68 Å². The van der Waals surface area contributed by atoms with Gasteiger partial charge in [-0.05, 0) is 12.8 Å². The average Bonchev–Trinajstić information content (AvgIpc) is 2.68. The molecule has 0 aliphatic heterocycles. The summed E-state index contributed by atoms with van der Waals surface area (Å²) in [7, 11) is 1.90. The van der Waals surface area contributed by atoms with Gasteiger partial charge >= 0.3 is 0 Å². The fourth-order valence-electron chi connectivity index (χ4n) is 1.87. The Labute approximate surface area is 98.4 Å². The van der Waals surface area contributed by atoms with E-state index in [9.17, 15) is 0 Å². The molecule has 1 aromatic heterocycles. The maximum atomic E-state index is 4.08. The van der Waals surface area contributed by atoms with Gasteiger partial charge in [0.25, 0.3) is 0 Å². The fourth-order valence-corrected chi connectivity index (χ4v) is 1.87. The summed E-state index contributed by atoms with van der Waals surface area (Å²) in [5.41, 5.74) is 1.03. The monoisotopic (exact) mass is 224 g/mol. The second-order valence-electron chi connectivity index (χ2n) is 4.39. The van der Waals surface area contributed by atoms with Crippen molar-refractivity contribution in [2.45, 2.75) is 58.5 Å². The van der Waals surface area contributed by atoms with Crippen LogP contribution in [0.5, 0.6) is 0 Å². The Morgan fingerprint density at radius 2 is 2.12 bits per heavy atom. The average molecular weight is 224 g/mol. The van der Waals surface area contributed by atoms with Gasteiger partial charge in [-0.2, -0.15) is 0 Å². The van der Waals surface area contributed by atoms with Gasteiger partial charge in [0.2, 0.25) is 0 Å². The van der Waals surface area contributed by atoms with Gasteiger partial charge in [-0.25, -0.2) is 0 Å². The Hall–Kier alpha value is -0.900. The molecular weight excluding hydrogens is 200 g/mol. The molecule has 1 heterocycles. The Kier molecular flexibility index (Phi) is 6.08. The minimum atomic E-state index is 0.631. The molecule has 92 valence electrons. The molecule has 1 aromatic rings. The summed E-state index contributed by atoms with van der Waals surface area (Å²) in [5.74, 6) is 0. The molecule has 0 aliphatic carbocycles. The topological polar surface area (TPSA) is 42.7 Å². The molecule has 0 bridgehead atoms. The predicted octanol–water partition coefficient (Wildman–Crippen LogP) is 2.26. The van der Waals surface area contributed by atoms with Crippen LogP contribution in [0.4, 0.5) is 0 Å². The number of nitrogens with one attached hydrogen (secondary N) is 1. The van der Waals surface area contributed by atoms with Crippen molar-refractivity contribution >= 4 is 0 Å². The molecule has 0 spiro atoms. The van der Waals surface area contributed by atoms with Crippen LogP contribution in [0, 0.1) is 0 Å². The van der Waals surface area contributed by atoms with Crippen molar-refractivity contribution in [2.75, 3.05) is 0 Å². The maximum Gasteiger partial charge on any atom is 0.0964 e. The van der Waals surface area contributed by atoms with E-state index in [0.29, 0.717) is 6.04 Å². The summed E-state index contributed by atoms with van der Waals surface area (Å²) in [5, 5.41) is 11.6. The Balaban J connectivity index is 2.30. The first-order chi connectivity index (χ1) is 7.76. The Bertz CT molecular complexity index is 282. The molecule has 0 aromatic carbocycles. The largest absolute Gasteiger partial charge is 0.308 e. The molecule has 0 saturated carbocycles. The van der Waals surface area contributed by atoms with Crippen LogP contribution in [0.2, 0.25) is 0 Å². The normalized spacial score (nSPS) is 12.9. The van der Waals surface area contributed by atoms with E-state index in [1.165, 1.54) is 32.1 Å². The van der Waals surface area contributed by atoms with Crippen LogP contribution >= 0.6 is 0 Å². The van der Waals surface area contributed by atoms with Gasteiger partial charge < -0.3 is 5.32 Å². The van der Waals surface area contributed by atoms with Crippen molar-refractivity contribution in [3.8, 4) is 0 Å². The summed E-state index contributed by atoms with van der Waals surface area (Å²) in [6.45, 7) is 5.32. The highest BCUT2D eigenvalue weighted by molar-refractivity contribution is 4.91. The summed E-state index contributed by atoms with van der Waals surface area (Å²) in [6.07, 6.45) is 8.30. The SMILES string of the molecule is CCCCC(CCC)NCc1cn(C)nn1. The van der Waals surface area contributed by atoms with Crippen LogP contribution in [0.1, 0.15) is 51.6 Å². The van der Waals surface area contributed by atoms with Gasteiger partial charge in [-0.15, -0.1) is 5.10 Å². The van der Waals surface area contributed by atoms with Gasteiger partial charge in [-0.1, -0.05) is 38.3 Å². The van der Waals surface area contributed by atoms with Crippen molar-refractivity contribution < 1.29 is 0 Å². The van der Waals surface area contributed by atoms with Crippen molar-refractivity contribution in [1.29, 1.82) is 0 Å². The lowest BCUT2D eigenvalue weighted by atomic mass is 10.1. The quantitative estimate of drug-likeness (QED) is 0.736. The van der Waals surface area contributed by atoms with Crippen LogP contribution in [0.15, 0.2) is 6.20 Å². The molecule has 0 fully saturated rings. The molecule has 0 radical (unpaired) electrons. The first kappa shape index (κ1) is 13.2. The lowest BCUT2D eigenvalue weighted by Crippen LogP contribution is -2.28. The van der Waals surface area contributed by atoms with Gasteiger partial charge in [0.05, 0.1) is 5.69 Å². The Morgan fingerprint density at radius 3 is 2.69 bits per heavy atom. The molecule has 4 nitrogen and oxygen atoms in total. The summed E-state index contributed by atoms with van der Waals surface area (Å²) in [4.78, 5) is 0. The second-order valence-corrected chi connectivity index (χ2v) is 4.39. The van der Waals surface area contributed by atoms with Gasteiger partial charge in [-0.3, -0.25) is 4.68 Å². The van der Waals surface area contributed by atoms with Crippen LogP contribution in [0.3, 0.4) is 0 Å². The van der Waals surface area contributed by atoms with E-state index < -0.39 is 0 Å². The first-order valence-corrected chi connectivity index (χ1v) is 6.34. The standard InChI is InChI=1S/C12H24N4/c1-4-6-8-11(7-5-2)13-9-12-10-16(3)15-14-12/h10-11,13H,4-9H2,1-3H3. The zero-order chi connectivity index (χ0) is 11.8. The number of rotatable bonds is 8. The zero-order valence-electron chi connectivity index (χ0n) is 10.7. The first-order valence-electron chi connectivity index (χ1n) is 6.34. The minimum absolute atomic E-state index is 0.631. The van der Waals surface area contributed by atoms with Gasteiger partial charge in [0.1, 0.15) is 0 Å². The smallest absolute Gasteiger partial charge is 0.0964 e. The number of hydrogen-bond donors (Lipinski definition) is 1. The highest BCUT2D eigenvalue weighted by Crippen LogP contribution is 2.07. The van der Waals surface area contributed by atoms with Crippen LogP contribution in [-0.2, 0) is 13.6 Å². The van der Waals surface area contributed by atoms with Crippen LogP contribution < -0.4 is 5.32 Å². The number of hydrogen-bond acceptors (Lipinski definition) is 3. The van der Waals surface area contributed by atoms with E-state index >= 15 is 0 Å². The van der Waals surface area contributed by atoms with E-state index in [2.05, 4.69) is 29.5 Å². The molecule has 0 amide bonds. The van der Waals surface area contributed by atoms with E-state index in [-0.39, 0.29) is 0 Å². The third kappa shape index (κ3) is 4.75.